The van der Waals surface area contributed by atoms with Gasteiger partial charge in [0.1, 0.15) is 18.8 Å². The zero-order valence-corrected chi connectivity index (χ0v) is 8.22. The molecular weight excluding hydrogens is 134 g/mol. The Morgan fingerprint density at radius 3 is 2.36 bits per heavy atom. The van der Waals surface area contributed by atoms with E-state index in [0.717, 1.165) is 0 Å². The first-order valence-corrected chi connectivity index (χ1v) is 4.63. The van der Waals surface area contributed by atoms with Gasteiger partial charge >= 0.3 is 0 Å². The van der Waals surface area contributed by atoms with Gasteiger partial charge in [-0.2, -0.15) is 0 Å². The zero-order chi connectivity index (χ0) is 8.48. The number of hydrogen-bond donors (Lipinski definition) is 0. The highest BCUT2D eigenvalue weighted by Gasteiger charge is 2.26. The number of rotatable bonds is 1. The van der Waals surface area contributed by atoms with Gasteiger partial charge in [0.25, 0.3) is 0 Å². The molecule has 1 rings (SSSR count). The lowest BCUT2D eigenvalue weighted by molar-refractivity contribution is -0.562. The lowest BCUT2D eigenvalue weighted by atomic mass is 9.87. The predicted octanol–water partition coefficient (Wildman–Crippen LogP) is 2.30. The van der Waals surface area contributed by atoms with Gasteiger partial charge in [0.05, 0.1) is 0 Å². The summed E-state index contributed by atoms with van der Waals surface area (Å²) in [6, 6.07) is 0.676. The molecule has 0 fully saturated rings. The molecule has 1 heterocycles. The van der Waals surface area contributed by atoms with Crippen molar-refractivity contribution in [3.05, 3.63) is 0 Å². The molecule has 1 heteroatoms. The Hall–Kier alpha value is -0.330. The number of nitrogens with zero attached hydrogens (tertiary/aromatic N) is 1. The van der Waals surface area contributed by atoms with Crippen molar-refractivity contribution in [3.63, 3.8) is 0 Å². The van der Waals surface area contributed by atoms with Crippen molar-refractivity contribution < 1.29 is 4.58 Å². The third kappa shape index (κ3) is 2.32. The maximum Gasteiger partial charge on any atom is 0.146 e. The third-order valence-electron chi connectivity index (χ3n) is 2.42. The Bertz CT molecular complexity index is 166. The van der Waals surface area contributed by atoms with Crippen LogP contribution >= 0.6 is 0 Å². The molecule has 0 saturated carbocycles. The van der Waals surface area contributed by atoms with Crippen LogP contribution in [0.1, 0.15) is 40.5 Å². The highest BCUT2D eigenvalue weighted by molar-refractivity contribution is 5.59. The van der Waals surface area contributed by atoms with Crippen molar-refractivity contribution in [1.82, 2.24) is 0 Å². The van der Waals surface area contributed by atoms with Gasteiger partial charge in [0.15, 0.2) is 0 Å². The predicted molar refractivity (Wildman–Crippen MR) is 49.3 cm³/mol. The molecule has 1 nitrogen and oxygen atoms in total. The van der Waals surface area contributed by atoms with Gasteiger partial charge in [0, 0.05) is 11.8 Å². The summed E-state index contributed by atoms with van der Waals surface area (Å²) in [5.74, 6) is 0. The summed E-state index contributed by atoms with van der Waals surface area (Å²) < 4.78 is 2.46. The first kappa shape index (κ1) is 8.76. The van der Waals surface area contributed by atoms with E-state index in [1.54, 1.807) is 0 Å². The molecule has 0 radical (unpaired) electrons. The fraction of sp³-hybridized carbons (Fsp3) is 0.900. The lowest BCUT2D eigenvalue weighted by Gasteiger charge is -2.23. The van der Waals surface area contributed by atoms with E-state index in [9.17, 15) is 0 Å². The molecule has 0 spiro atoms. The van der Waals surface area contributed by atoms with Crippen LogP contribution < -0.4 is 0 Å². The van der Waals surface area contributed by atoms with E-state index in [1.165, 1.54) is 19.4 Å². The summed E-state index contributed by atoms with van der Waals surface area (Å²) in [4.78, 5) is 0. The maximum absolute atomic E-state index is 2.46. The van der Waals surface area contributed by atoms with E-state index in [4.69, 9.17) is 0 Å². The molecule has 0 N–H and O–H groups in total. The van der Waals surface area contributed by atoms with E-state index in [0.29, 0.717) is 11.5 Å². The van der Waals surface area contributed by atoms with E-state index >= 15 is 0 Å². The zero-order valence-electron chi connectivity index (χ0n) is 8.22. The van der Waals surface area contributed by atoms with Crippen LogP contribution in [0.4, 0.5) is 0 Å². The maximum atomic E-state index is 2.46. The molecule has 0 aliphatic carbocycles. The Labute approximate surface area is 70.1 Å². The minimum absolute atomic E-state index is 0.433. The molecule has 1 aliphatic rings. The average Bonchev–Trinajstić information content (AvgIpc) is 1.85. The molecule has 1 aliphatic heterocycles. The monoisotopic (exact) mass is 154 g/mol. The van der Waals surface area contributed by atoms with Crippen molar-refractivity contribution in [2.24, 2.45) is 5.41 Å². The normalized spacial score (nSPS) is 23.5. The molecule has 0 amide bonds. The van der Waals surface area contributed by atoms with E-state index in [1.807, 2.05) is 0 Å². The van der Waals surface area contributed by atoms with Gasteiger partial charge in [0.2, 0.25) is 0 Å². The second kappa shape index (κ2) is 2.96. The molecular formula is C10H20N+. The highest BCUT2D eigenvalue weighted by Crippen LogP contribution is 2.23. The minimum Gasteiger partial charge on any atom is -0.237 e. The van der Waals surface area contributed by atoms with E-state index in [-0.39, 0.29) is 0 Å². The first-order chi connectivity index (χ1) is 5.01. The number of hydrogen-bond acceptors (Lipinski definition) is 0. The molecule has 11 heavy (non-hydrogen) atoms. The smallest absolute Gasteiger partial charge is 0.146 e. The van der Waals surface area contributed by atoms with Crippen LogP contribution in [0.25, 0.3) is 0 Å². The summed E-state index contributed by atoms with van der Waals surface area (Å²) in [5.41, 5.74) is 0.433. The lowest BCUT2D eigenvalue weighted by Crippen LogP contribution is -2.34. The summed E-state index contributed by atoms with van der Waals surface area (Å²) in [6.45, 7) is 10.4. The molecule has 0 bridgehead atoms. The van der Waals surface area contributed by atoms with Crippen molar-refractivity contribution in [3.8, 4) is 0 Å². The van der Waals surface area contributed by atoms with Crippen molar-refractivity contribution in [2.45, 2.75) is 46.6 Å². The Morgan fingerprint density at radius 2 is 2.00 bits per heavy atom. The first-order valence-electron chi connectivity index (χ1n) is 4.63. The molecule has 0 aromatic rings. The van der Waals surface area contributed by atoms with Crippen molar-refractivity contribution in [2.75, 3.05) is 6.54 Å². The van der Waals surface area contributed by atoms with Gasteiger partial charge in [-0.05, 0) is 20.3 Å². The molecule has 64 valence electrons. The second-order valence-corrected chi connectivity index (χ2v) is 4.55. The van der Waals surface area contributed by atoms with Crippen LogP contribution in [0, 0.1) is 5.41 Å². The second-order valence-electron chi connectivity index (χ2n) is 4.55. The van der Waals surface area contributed by atoms with Crippen LogP contribution in [0.3, 0.4) is 0 Å². The molecule has 0 atom stereocenters. The fourth-order valence-electron chi connectivity index (χ4n) is 1.70. The summed E-state index contributed by atoms with van der Waals surface area (Å²) in [5, 5.41) is 0. The van der Waals surface area contributed by atoms with E-state index < -0.39 is 0 Å². The Balaban J connectivity index is 2.73. The van der Waals surface area contributed by atoms with Crippen molar-refractivity contribution in [1.29, 1.82) is 0 Å². The van der Waals surface area contributed by atoms with Crippen LogP contribution in [0.2, 0.25) is 0 Å². The van der Waals surface area contributed by atoms with Gasteiger partial charge in [-0.25, -0.2) is 4.58 Å². The molecule has 0 saturated heterocycles. The average molecular weight is 154 g/mol. The summed E-state index contributed by atoms with van der Waals surface area (Å²) in [7, 11) is 0. The molecule has 0 aromatic carbocycles. The molecule has 0 aromatic heterocycles. The summed E-state index contributed by atoms with van der Waals surface area (Å²) in [6.07, 6.45) is 5.10. The SMILES string of the molecule is CC(C)[N+]1=CC(C)(C)CCC1. The quantitative estimate of drug-likeness (QED) is 0.510. The van der Waals surface area contributed by atoms with Crippen LogP contribution in [0.15, 0.2) is 0 Å². The fourth-order valence-corrected chi connectivity index (χ4v) is 1.70. The van der Waals surface area contributed by atoms with Gasteiger partial charge in [-0.15, -0.1) is 0 Å². The standard InChI is InChI=1S/C10H20N/c1-9(2)11-7-5-6-10(3,4)8-11/h8-9H,5-7H2,1-4H3/q+1. The largest absolute Gasteiger partial charge is 0.237 e. The topological polar surface area (TPSA) is 3.01 Å². The van der Waals surface area contributed by atoms with Crippen LogP contribution in [-0.4, -0.2) is 23.4 Å². The molecule has 0 unspecified atom stereocenters. The highest BCUT2D eigenvalue weighted by atomic mass is 15.0. The van der Waals surface area contributed by atoms with Crippen molar-refractivity contribution >= 4 is 6.21 Å². The third-order valence-corrected chi connectivity index (χ3v) is 2.42. The van der Waals surface area contributed by atoms with Gasteiger partial charge in [-0.3, -0.25) is 0 Å². The van der Waals surface area contributed by atoms with Gasteiger partial charge < -0.3 is 0 Å². The van der Waals surface area contributed by atoms with Gasteiger partial charge in [-0.1, -0.05) is 13.8 Å². The van der Waals surface area contributed by atoms with Crippen LogP contribution in [-0.2, 0) is 0 Å². The Morgan fingerprint density at radius 1 is 1.36 bits per heavy atom. The van der Waals surface area contributed by atoms with Crippen LogP contribution in [0.5, 0.6) is 0 Å². The minimum atomic E-state index is 0.433. The Kier molecular flexibility index (Phi) is 2.36. The summed E-state index contributed by atoms with van der Waals surface area (Å²) >= 11 is 0. The van der Waals surface area contributed by atoms with E-state index in [2.05, 4.69) is 38.5 Å².